The van der Waals surface area contributed by atoms with Crippen molar-refractivity contribution >= 4 is 19.7 Å². The van der Waals surface area contributed by atoms with Crippen LogP contribution in [0.25, 0.3) is 0 Å². The average molecular weight is 944 g/mol. The van der Waals surface area contributed by atoms with Gasteiger partial charge in [0.05, 0.1) is 13.2 Å². The summed E-state index contributed by atoms with van der Waals surface area (Å²) in [4.78, 5) is 34.0. The van der Waals surface area contributed by atoms with Crippen LogP contribution in [0.2, 0.25) is 0 Å². The molecule has 0 heterocycles. The van der Waals surface area contributed by atoms with Crippen molar-refractivity contribution in [1.29, 1.82) is 0 Å². The van der Waals surface area contributed by atoms with Crippen molar-refractivity contribution in [2.75, 3.05) is 26.4 Å². The molecule has 0 aliphatic carbocycles. The fraction of sp³-hybridized carbons (Fsp3) is 0.714. The van der Waals surface area contributed by atoms with Crippen molar-refractivity contribution in [2.24, 2.45) is 0 Å². The number of carbonyl (C=O) groups excluding carboxylic acids is 2. The topological polar surface area (TPSA) is 131 Å². The van der Waals surface area contributed by atoms with Gasteiger partial charge in [0, 0.05) is 19.4 Å². The molecule has 3 N–H and O–H groups in total. The molecule has 2 atom stereocenters. The van der Waals surface area contributed by atoms with Crippen molar-refractivity contribution in [2.45, 2.75) is 232 Å². The number of esters is 1. The summed E-state index contributed by atoms with van der Waals surface area (Å²) in [7, 11) is -4.45. The Morgan fingerprint density at radius 2 is 0.833 bits per heavy atom. The van der Waals surface area contributed by atoms with E-state index in [0.717, 1.165) is 64.2 Å². The van der Waals surface area contributed by atoms with E-state index in [2.05, 4.69) is 86.0 Å². The van der Waals surface area contributed by atoms with Crippen LogP contribution in [0, 0.1) is 0 Å². The number of rotatable bonds is 49. The lowest BCUT2D eigenvalue weighted by Crippen LogP contribution is -2.26. The lowest BCUT2D eigenvalue weighted by Gasteiger charge is -2.15. The number of phosphoric acid groups is 1. The first-order valence-corrected chi connectivity index (χ1v) is 28.1. The summed E-state index contributed by atoms with van der Waals surface area (Å²) >= 11 is 0. The molecule has 66 heavy (non-hydrogen) atoms. The Hall–Kier alpha value is -2.81. The van der Waals surface area contributed by atoms with E-state index in [0.29, 0.717) is 0 Å². The number of hydrogen-bond acceptors (Lipinski definition) is 7. The molecule has 2 unspecified atom stereocenters. The standard InChI is InChI=1S/C56H98NO8P/c1-3-5-7-9-11-13-15-17-19-21-23-25-26-27-29-31-33-35-37-39-41-43-45-47-49-56(60)63-52-54(58)53-65-66(61,62)64-51-50-57-55(59)48-46-44-42-40-38-36-34-32-30-28-24-22-20-18-16-14-12-10-8-6-4-2/h6,8,12,14,18,20,24,28,32,34,38,40,44,46,54,58H,3-5,7,9-11,13,15-17,19,21-23,25-27,29-31,33,35-37,39,41-43,45,47-53H2,1-2H3,(H,57,59)(H,61,62)/b8-6-,14-12-,20-18-,28-24-,34-32-,40-38-,46-44-. The SMILES string of the molecule is CC/C=C\C/C=C\C/C=C\C/C=C\C/C=C\C/C=C\C/C=C\CC(=O)NCCOP(=O)(O)OCC(O)COC(=O)CCCCCCCCCCCCCCCCCCCCCCCCCC. The van der Waals surface area contributed by atoms with E-state index < -0.39 is 26.5 Å². The van der Waals surface area contributed by atoms with Crippen LogP contribution in [-0.4, -0.2) is 54.3 Å². The van der Waals surface area contributed by atoms with Gasteiger partial charge in [0.2, 0.25) is 5.91 Å². The lowest BCUT2D eigenvalue weighted by atomic mass is 10.0. The molecule has 0 spiro atoms. The van der Waals surface area contributed by atoms with E-state index in [-0.39, 0.29) is 38.5 Å². The van der Waals surface area contributed by atoms with Gasteiger partial charge in [-0.05, 0) is 51.4 Å². The number of phosphoric ester groups is 1. The van der Waals surface area contributed by atoms with Crippen molar-refractivity contribution in [3.05, 3.63) is 85.1 Å². The minimum atomic E-state index is -4.45. The fourth-order valence-electron chi connectivity index (χ4n) is 7.17. The Kier molecular flexibility index (Phi) is 49.4. The van der Waals surface area contributed by atoms with Crippen molar-refractivity contribution < 1.29 is 37.9 Å². The largest absolute Gasteiger partial charge is 0.472 e. The number of carbonyl (C=O) groups is 2. The highest BCUT2D eigenvalue weighted by atomic mass is 31.2. The van der Waals surface area contributed by atoms with E-state index in [4.69, 9.17) is 13.8 Å². The van der Waals surface area contributed by atoms with Crippen LogP contribution in [0.1, 0.15) is 226 Å². The second-order valence-corrected chi connectivity index (χ2v) is 18.9. The summed E-state index contributed by atoms with van der Waals surface area (Å²) in [5.74, 6) is -0.648. The third kappa shape index (κ3) is 52.2. The maximum atomic E-state index is 12.1. The molecule has 9 nitrogen and oxygen atoms in total. The first-order valence-electron chi connectivity index (χ1n) is 26.6. The third-order valence-corrected chi connectivity index (χ3v) is 12.1. The maximum Gasteiger partial charge on any atom is 0.472 e. The highest BCUT2D eigenvalue weighted by Crippen LogP contribution is 2.42. The zero-order valence-electron chi connectivity index (χ0n) is 42.1. The summed E-state index contributed by atoms with van der Waals surface area (Å²) in [6.45, 7) is 3.34. The number of amides is 1. The second-order valence-electron chi connectivity index (χ2n) is 17.5. The highest BCUT2D eigenvalue weighted by molar-refractivity contribution is 7.47. The Bertz CT molecular complexity index is 1350. The van der Waals surface area contributed by atoms with E-state index >= 15 is 0 Å². The second kappa shape index (κ2) is 51.6. The van der Waals surface area contributed by atoms with Gasteiger partial charge in [-0.2, -0.15) is 0 Å². The van der Waals surface area contributed by atoms with E-state index in [1.807, 2.05) is 12.2 Å². The molecule has 0 aliphatic rings. The Labute approximate surface area is 404 Å². The first-order chi connectivity index (χ1) is 32.3. The normalized spacial score (nSPS) is 13.8. The zero-order chi connectivity index (χ0) is 48.1. The van der Waals surface area contributed by atoms with Gasteiger partial charge < -0.3 is 20.1 Å². The molecule has 0 aliphatic heterocycles. The molecule has 1 amide bonds. The van der Waals surface area contributed by atoms with Crippen molar-refractivity contribution in [3.63, 3.8) is 0 Å². The molecule has 0 bridgehead atoms. The Balaban J connectivity index is 3.64. The molecular formula is C56H98NO8P. The maximum absolute atomic E-state index is 12.1. The smallest absolute Gasteiger partial charge is 0.463 e. The molecular weight excluding hydrogens is 846 g/mol. The first kappa shape index (κ1) is 63.2. The van der Waals surface area contributed by atoms with Gasteiger partial charge >= 0.3 is 13.8 Å². The monoisotopic (exact) mass is 944 g/mol. The number of aliphatic hydroxyl groups excluding tert-OH is 1. The Morgan fingerprint density at radius 3 is 1.21 bits per heavy atom. The molecule has 10 heteroatoms. The molecule has 0 aromatic heterocycles. The van der Waals surface area contributed by atoms with E-state index in [1.165, 1.54) is 135 Å². The number of nitrogens with one attached hydrogen (secondary N) is 1. The zero-order valence-corrected chi connectivity index (χ0v) is 43.0. The van der Waals surface area contributed by atoms with Crippen molar-refractivity contribution in [3.8, 4) is 0 Å². The molecule has 0 saturated carbocycles. The molecule has 0 aromatic rings. The lowest BCUT2D eigenvalue weighted by molar-refractivity contribution is -0.147. The van der Waals surface area contributed by atoms with Crippen LogP contribution in [0.3, 0.4) is 0 Å². The van der Waals surface area contributed by atoms with Gasteiger partial charge in [-0.15, -0.1) is 0 Å². The van der Waals surface area contributed by atoms with Crippen LogP contribution >= 0.6 is 7.82 Å². The summed E-state index contributed by atoms with van der Waals surface area (Å²) < 4.78 is 27.0. The summed E-state index contributed by atoms with van der Waals surface area (Å²) in [5, 5.41) is 12.7. The predicted molar refractivity (Wildman–Crippen MR) is 279 cm³/mol. The molecule has 0 rings (SSSR count). The van der Waals surface area contributed by atoms with Crippen LogP contribution in [0.4, 0.5) is 0 Å². The summed E-state index contributed by atoms with van der Waals surface area (Å²) in [6.07, 6.45) is 67.1. The number of ether oxygens (including phenoxy) is 1. The summed E-state index contributed by atoms with van der Waals surface area (Å²) in [6, 6.07) is 0. The van der Waals surface area contributed by atoms with Crippen molar-refractivity contribution in [1.82, 2.24) is 5.32 Å². The highest BCUT2D eigenvalue weighted by Gasteiger charge is 2.23. The average Bonchev–Trinajstić information content (AvgIpc) is 3.31. The van der Waals surface area contributed by atoms with Gasteiger partial charge in [-0.3, -0.25) is 18.6 Å². The van der Waals surface area contributed by atoms with Gasteiger partial charge in [-0.25, -0.2) is 4.57 Å². The van der Waals surface area contributed by atoms with Gasteiger partial charge in [-0.1, -0.05) is 247 Å². The predicted octanol–water partition coefficient (Wildman–Crippen LogP) is 15.9. The van der Waals surface area contributed by atoms with Crippen LogP contribution in [0.15, 0.2) is 85.1 Å². The number of unbranched alkanes of at least 4 members (excludes halogenated alkanes) is 23. The van der Waals surface area contributed by atoms with Crippen LogP contribution in [0.5, 0.6) is 0 Å². The molecule has 0 aromatic carbocycles. The quantitative estimate of drug-likeness (QED) is 0.0238. The van der Waals surface area contributed by atoms with Crippen LogP contribution in [-0.2, 0) is 27.9 Å². The molecule has 380 valence electrons. The van der Waals surface area contributed by atoms with E-state index in [1.54, 1.807) is 6.08 Å². The number of hydrogen-bond donors (Lipinski definition) is 3. The minimum Gasteiger partial charge on any atom is -0.463 e. The molecule has 0 saturated heterocycles. The number of aliphatic hydroxyl groups is 1. The van der Waals surface area contributed by atoms with E-state index in [9.17, 15) is 24.2 Å². The van der Waals surface area contributed by atoms with Gasteiger partial charge in [0.1, 0.15) is 12.7 Å². The third-order valence-electron chi connectivity index (χ3n) is 11.1. The molecule has 0 radical (unpaired) electrons. The van der Waals surface area contributed by atoms with Crippen LogP contribution < -0.4 is 5.32 Å². The fourth-order valence-corrected chi connectivity index (χ4v) is 7.92. The van der Waals surface area contributed by atoms with Gasteiger partial charge in [0.25, 0.3) is 0 Å². The minimum absolute atomic E-state index is 0.0213. The molecule has 0 fully saturated rings. The van der Waals surface area contributed by atoms with Gasteiger partial charge in [0.15, 0.2) is 0 Å². The summed E-state index contributed by atoms with van der Waals surface area (Å²) in [5.41, 5.74) is 0. The Morgan fingerprint density at radius 1 is 0.485 bits per heavy atom. The number of allylic oxidation sites excluding steroid dienone is 13.